The Balaban J connectivity index is 2.03. The molecule has 1 aromatic carbocycles. The molecule has 0 atom stereocenters. The lowest BCUT2D eigenvalue weighted by atomic mass is 10.2. The molecule has 0 spiro atoms. The minimum atomic E-state index is 0.615. The second-order valence-electron chi connectivity index (χ2n) is 4.01. The average Bonchev–Trinajstić information content (AvgIpc) is 2.39. The highest BCUT2D eigenvalue weighted by atomic mass is 35.5. The number of benzene rings is 1. The molecule has 0 unspecified atom stereocenters. The topological polar surface area (TPSA) is 44.9 Å². The van der Waals surface area contributed by atoms with Crippen molar-refractivity contribution in [1.29, 1.82) is 0 Å². The van der Waals surface area contributed by atoms with Crippen molar-refractivity contribution < 1.29 is 0 Å². The molecule has 5 heteroatoms. The molecule has 0 aromatic heterocycles. The number of halogens is 1. The number of hydrogen-bond acceptors (Lipinski definition) is 2. The summed E-state index contributed by atoms with van der Waals surface area (Å²) in [6.07, 6.45) is 0. The van der Waals surface area contributed by atoms with Crippen LogP contribution in [0.4, 0.5) is 5.69 Å². The van der Waals surface area contributed by atoms with E-state index in [0.29, 0.717) is 5.96 Å². The van der Waals surface area contributed by atoms with Gasteiger partial charge in [-0.05, 0) is 12.1 Å². The molecular formula is C12H17ClN4. The van der Waals surface area contributed by atoms with Crippen molar-refractivity contribution in [3.05, 3.63) is 29.3 Å². The number of nitrogens with two attached hydrogens (primary N) is 1. The van der Waals surface area contributed by atoms with Gasteiger partial charge in [-0.2, -0.15) is 0 Å². The van der Waals surface area contributed by atoms with Gasteiger partial charge in [-0.1, -0.05) is 23.7 Å². The number of aliphatic imine (C=N–C) groups is 1. The smallest absolute Gasteiger partial charge is 0.191 e. The summed E-state index contributed by atoms with van der Waals surface area (Å²) in [4.78, 5) is 8.37. The minimum Gasteiger partial charge on any atom is -0.370 e. The third-order valence-corrected chi connectivity index (χ3v) is 3.35. The van der Waals surface area contributed by atoms with E-state index in [1.54, 1.807) is 7.05 Å². The van der Waals surface area contributed by atoms with E-state index >= 15 is 0 Å². The Kier molecular flexibility index (Phi) is 3.74. The predicted molar refractivity (Wildman–Crippen MR) is 72.8 cm³/mol. The van der Waals surface area contributed by atoms with E-state index in [9.17, 15) is 0 Å². The third kappa shape index (κ3) is 2.64. The van der Waals surface area contributed by atoms with Crippen LogP contribution >= 0.6 is 11.6 Å². The van der Waals surface area contributed by atoms with E-state index in [1.165, 1.54) is 0 Å². The predicted octanol–water partition coefficient (Wildman–Crippen LogP) is 1.41. The first kappa shape index (κ1) is 12.0. The van der Waals surface area contributed by atoms with Crippen LogP contribution in [0.1, 0.15) is 0 Å². The summed E-state index contributed by atoms with van der Waals surface area (Å²) in [7, 11) is 1.72. The highest BCUT2D eigenvalue weighted by Gasteiger charge is 2.19. The molecule has 1 aliphatic heterocycles. The number of hydrogen-bond donors (Lipinski definition) is 1. The van der Waals surface area contributed by atoms with Crippen LogP contribution in [0.3, 0.4) is 0 Å². The maximum absolute atomic E-state index is 6.18. The van der Waals surface area contributed by atoms with E-state index in [4.69, 9.17) is 17.3 Å². The van der Waals surface area contributed by atoms with Crippen molar-refractivity contribution >= 4 is 23.2 Å². The maximum Gasteiger partial charge on any atom is 0.191 e. The van der Waals surface area contributed by atoms with Gasteiger partial charge in [0.15, 0.2) is 5.96 Å². The van der Waals surface area contributed by atoms with Crippen LogP contribution in [0.25, 0.3) is 0 Å². The quantitative estimate of drug-likeness (QED) is 0.607. The highest BCUT2D eigenvalue weighted by Crippen LogP contribution is 2.25. The molecule has 1 saturated heterocycles. The summed E-state index contributed by atoms with van der Waals surface area (Å²) in [5, 5.41) is 0.804. The molecule has 17 heavy (non-hydrogen) atoms. The van der Waals surface area contributed by atoms with Crippen molar-refractivity contribution in [1.82, 2.24) is 4.90 Å². The Morgan fingerprint density at radius 3 is 2.47 bits per heavy atom. The first-order valence-electron chi connectivity index (χ1n) is 5.69. The lowest BCUT2D eigenvalue weighted by Gasteiger charge is -2.36. The third-order valence-electron chi connectivity index (χ3n) is 3.03. The van der Waals surface area contributed by atoms with Crippen LogP contribution in [0.5, 0.6) is 0 Å². The number of rotatable bonds is 1. The van der Waals surface area contributed by atoms with Gasteiger partial charge in [-0.3, -0.25) is 4.99 Å². The van der Waals surface area contributed by atoms with Crippen LogP contribution in [0, 0.1) is 0 Å². The molecule has 0 saturated carbocycles. The molecular weight excluding hydrogens is 236 g/mol. The zero-order valence-electron chi connectivity index (χ0n) is 9.93. The van der Waals surface area contributed by atoms with Gasteiger partial charge in [-0.25, -0.2) is 0 Å². The van der Waals surface area contributed by atoms with Crippen LogP contribution < -0.4 is 10.6 Å². The van der Waals surface area contributed by atoms with Gasteiger partial charge in [-0.15, -0.1) is 0 Å². The van der Waals surface area contributed by atoms with E-state index in [-0.39, 0.29) is 0 Å². The Labute approximate surface area is 107 Å². The van der Waals surface area contributed by atoms with Crippen LogP contribution in [0.15, 0.2) is 29.3 Å². The van der Waals surface area contributed by atoms with Crippen molar-refractivity contribution in [2.24, 2.45) is 10.7 Å². The Morgan fingerprint density at radius 1 is 1.24 bits per heavy atom. The molecule has 1 aliphatic rings. The summed E-state index contributed by atoms with van der Waals surface area (Å²) >= 11 is 6.18. The largest absolute Gasteiger partial charge is 0.370 e. The maximum atomic E-state index is 6.18. The summed E-state index contributed by atoms with van der Waals surface area (Å²) in [5.74, 6) is 0.615. The van der Waals surface area contributed by atoms with Gasteiger partial charge in [0.2, 0.25) is 0 Å². The second-order valence-corrected chi connectivity index (χ2v) is 4.41. The fraction of sp³-hybridized carbons (Fsp3) is 0.417. The van der Waals surface area contributed by atoms with Crippen molar-refractivity contribution in [2.45, 2.75) is 0 Å². The Hall–Kier alpha value is -1.42. The molecule has 2 rings (SSSR count). The van der Waals surface area contributed by atoms with Gasteiger partial charge in [0.1, 0.15) is 0 Å². The first-order chi connectivity index (χ1) is 8.22. The van der Waals surface area contributed by atoms with E-state index in [0.717, 1.165) is 36.9 Å². The number of nitrogens with zero attached hydrogens (tertiary/aromatic N) is 3. The van der Waals surface area contributed by atoms with Crippen molar-refractivity contribution in [3.8, 4) is 0 Å². The Morgan fingerprint density at radius 2 is 1.88 bits per heavy atom. The molecule has 0 bridgehead atoms. The number of piperazine rings is 1. The number of guanidine groups is 1. The van der Waals surface area contributed by atoms with Crippen molar-refractivity contribution in [3.63, 3.8) is 0 Å². The fourth-order valence-electron chi connectivity index (χ4n) is 2.03. The molecule has 4 nitrogen and oxygen atoms in total. The van der Waals surface area contributed by atoms with E-state index < -0.39 is 0 Å². The standard InChI is InChI=1S/C12H17ClN4/c1-15-12(14)17-8-6-16(7-9-17)11-5-3-2-4-10(11)13/h2-5H,6-9H2,1H3,(H2,14,15). The second kappa shape index (κ2) is 5.27. The summed E-state index contributed by atoms with van der Waals surface area (Å²) < 4.78 is 0. The summed E-state index contributed by atoms with van der Waals surface area (Å²) in [5.41, 5.74) is 6.89. The molecule has 0 amide bonds. The number of anilines is 1. The SMILES string of the molecule is CN=C(N)N1CCN(c2ccccc2Cl)CC1. The van der Waals surface area contributed by atoms with Gasteiger partial charge < -0.3 is 15.5 Å². The lowest BCUT2D eigenvalue weighted by Crippen LogP contribution is -2.51. The molecule has 0 radical (unpaired) electrons. The lowest BCUT2D eigenvalue weighted by molar-refractivity contribution is 0.381. The van der Waals surface area contributed by atoms with Crippen LogP contribution in [-0.2, 0) is 0 Å². The van der Waals surface area contributed by atoms with Crippen molar-refractivity contribution in [2.75, 3.05) is 38.1 Å². The monoisotopic (exact) mass is 252 g/mol. The zero-order valence-corrected chi connectivity index (χ0v) is 10.7. The normalized spacial score (nSPS) is 17.4. The first-order valence-corrected chi connectivity index (χ1v) is 6.07. The van der Waals surface area contributed by atoms with E-state index in [2.05, 4.69) is 20.9 Å². The minimum absolute atomic E-state index is 0.615. The molecule has 1 heterocycles. The Bertz CT molecular complexity index is 411. The highest BCUT2D eigenvalue weighted by molar-refractivity contribution is 6.33. The molecule has 2 N–H and O–H groups in total. The average molecular weight is 253 g/mol. The summed E-state index contributed by atoms with van der Waals surface area (Å²) in [6, 6.07) is 7.93. The number of para-hydroxylation sites is 1. The van der Waals surface area contributed by atoms with Gasteiger partial charge in [0.25, 0.3) is 0 Å². The molecule has 1 fully saturated rings. The van der Waals surface area contributed by atoms with E-state index in [1.807, 2.05) is 18.2 Å². The molecule has 92 valence electrons. The molecule has 0 aliphatic carbocycles. The zero-order chi connectivity index (χ0) is 12.3. The summed E-state index contributed by atoms with van der Waals surface area (Å²) in [6.45, 7) is 3.60. The molecule has 1 aromatic rings. The van der Waals surface area contributed by atoms with Gasteiger partial charge >= 0.3 is 0 Å². The van der Waals surface area contributed by atoms with Crippen LogP contribution in [0.2, 0.25) is 5.02 Å². The van der Waals surface area contributed by atoms with Gasteiger partial charge in [0.05, 0.1) is 10.7 Å². The fourth-order valence-corrected chi connectivity index (χ4v) is 2.28. The van der Waals surface area contributed by atoms with Gasteiger partial charge in [0, 0.05) is 33.2 Å². The van der Waals surface area contributed by atoms with Crippen LogP contribution in [-0.4, -0.2) is 44.1 Å².